The van der Waals surface area contributed by atoms with E-state index in [9.17, 15) is 0 Å². The Bertz CT molecular complexity index is 1200. The van der Waals surface area contributed by atoms with Crippen molar-refractivity contribution in [3.05, 3.63) is 54.2 Å². The largest absolute Gasteiger partial charge is 0.370 e. The van der Waals surface area contributed by atoms with Gasteiger partial charge in [-0.05, 0) is 17.3 Å². The van der Waals surface area contributed by atoms with Crippen molar-refractivity contribution in [2.24, 2.45) is 0 Å². The van der Waals surface area contributed by atoms with Gasteiger partial charge in [0.1, 0.15) is 29.5 Å². The molecule has 4 heterocycles. The van der Waals surface area contributed by atoms with E-state index in [0.29, 0.717) is 6.54 Å². The monoisotopic (exact) mass is 483 g/mol. The molecule has 5 rings (SSSR count). The van der Waals surface area contributed by atoms with Crippen molar-refractivity contribution in [3.63, 3.8) is 0 Å². The van der Waals surface area contributed by atoms with E-state index in [4.69, 9.17) is 14.7 Å². The lowest BCUT2D eigenvalue weighted by atomic mass is 10.1. The van der Waals surface area contributed by atoms with Crippen LogP contribution in [0.5, 0.6) is 0 Å². The van der Waals surface area contributed by atoms with Gasteiger partial charge in [0.15, 0.2) is 10.2 Å². The van der Waals surface area contributed by atoms with E-state index >= 15 is 0 Å². The highest BCUT2D eigenvalue weighted by Gasteiger charge is 2.21. The SMILES string of the molecule is C=CCNc1nnc(Sc2nc(C[NH+]3CCOCC3)nc3scc(-c4ccccc4)c23)s1. The summed E-state index contributed by atoms with van der Waals surface area (Å²) in [7, 11) is 0. The predicted octanol–water partition coefficient (Wildman–Crippen LogP) is 3.37. The zero-order valence-corrected chi connectivity index (χ0v) is 19.9. The molecule has 1 saturated heterocycles. The molecule has 1 aromatic carbocycles. The average molecular weight is 484 g/mol. The minimum Gasteiger partial charge on any atom is -0.370 e. The number of rotatable bonds is 8. The number of thiophene rings is 1. The molecule has 1 aliphatic rings. The summed E-state index contributed by atoms with van der Waals surface area (Å²) >= 11 is 4.76. The Kier molecular flexibility index (Phi) is 6.75. The molecule has 0 amide bonds. The van der Waals surface area contributed by atoms with Crippen molar-refractivity contribution < 1.29 is 9.64 Å². The Labute approximate surface area is 198 Å². The molecule has 7 nitrogen and oxygen atoms in total. The third-order valence-corrected chi connectivity index (χ3v) is 7.92. The fraction of sp³-hybridized carbons (Fsp3) is 0.273. The zero-order valence-electron chi connectivity index (χ0n) is 17.4. The number of morpholine rings is 1. The molecule has 0 radical (unpaired) electrons. The van der Waals surface area contributed by atoms with Crippen LogP contribution in [0.2, 0.25) is 0 Å². The molecule has 32 heavy (non-hydrogen) atoms. The van der Waals surface area contributed by atoms with Crippen molar-refractivity contribution in [3.8, 4) is 11.1 Å². The molecule has 2 N–H and O–H groups in total. The summed E-state index contributed by atoms with van der Waals surface area (Å²) in [5.41, 5.74) is 2.33. The molecule has 0 atom stereocenters. The molecule has 3 aromatic heterocycles. The zero-order chi connectivity index (χ0) is 21.8. The number of nitrogens with zero attached hydrogens (tertiary/aromatic N) is 4. The highest BCUT2D eigenvalue weighted by molar-refractivity contribution is 8.01. The molecule has 10 heteroatoms. The lowest BCUT2D eigenvalue weighted by molar-refractivity contribution is -0.922. The molecule has 1 aliphatic heterocycles. The summed E-state index contributed by atoms with van der Waals surface area (Å²) in [6, 6.07) is 10.4. The second kappa shape index (κ2) is 10.1. The van der Waals surface area contributed by atoms with Gasteiger partial charge in [0.25, 0.3) is 0 Å². The minimum atomic E-state index is 0.659. The van der Waals surface area contributed by atoms with Gasteiger partial charge >= 0.3 is 0 Å². The molecule has 0 aliphatic carbocycles. The Morgan fingerprint density at radius 1 is 1.16 bits per heavy atom. The van der Waals surface area contributed by atoms with Gasteiger partial charge in [0, 0.05) is 17.5 Å². The first kappa shape index (κ1) is 21.5. The molecule has 0 spiro atoms. The first-order valence-corrected chi connectivity index (χ1v) is 12.9. The van der Waals surface area contributed by atoms with Gasteiger partial charge in [-0.25, -0.2) is 9.97 Å². The predicted molar refractivity (Wildman–Crippen MR) is 131 cm³/mol. The number of aromatic nitrogens is 4. The van der Waals surface area contributed by atoms with Crippen LogP contribution in [0.25, 0.3) is 21.3 Å². The summed E-state index contributed by atoms with van der Waals surface area (Å²) < 4.78 is 6.36. The maximum Gasteiger partial charge on any atom is 0.206 e. The summed E-state index contributed by atoms with van der Waals surface area (Å²) in [5.74, 6) is 0.868. The fourth-order valence-corrected chi connectivity index (χ4v) is 6.42. The smallest absolute Gasteiger partial charge is 0.206 e. The van der Waals surface area contributed by atoms with Gasteiger partial charge in [-0.1, -0.05) is 47.7 Å². The van der Waals surface area contributed by atoms with Crippen LogP contribution in [0.15, 0.2) is 57.7 Å². The van der Waals surface area contributed by atoms with Gasteiger partial charge in [-0.3, -0.25) is 0 Å². The normalized spacial score (nSPS) is 14.6. The van der Waals surface area contributed by atoms with Crippen LogP contribution in [0.1, 0.15) is 5.82 Å². The van der Waals surface area contributed by atoms with E-state index in [1.165, 1.54) is 21.8 Å². The molecule has 1 fully saturated rings. The number of hydrogen-bond donors (Lipinski definition) is 2. The molecule has 0 saturated carbocycles. The minimum absolute atomic E-state index is 0.659. The van der Waals surface area contributed by atoms with E-state index in [1.54, 1.807) is 29.2 Å². The number of hydrogen-bond acceptors (Lipinski definition) is 9. The van der Waals surface area contributed by atoms with E-state index in [1.807, 2.05) is 6.07 Å². The fourth-order valence-electron chi connectivity index (χ4n) is 3.56. The third-order valence-electron chi connectivity index (χ3n) is 5.13. The maximum absolute atomic E-state index is 5.50. The van der Waals surface area contributed by atoms with Crippen molar-refractivity contribution in [1.82, 2.24) is 20.2 Å². The van der Waals surface area contributed by atoms with Gasteiger partial charge in [-0.15, -0.1) is 28.1 Å². The van der Waals surface area contributed by atoms with Gasteiger partial charge < -0.3 is 15.0 Å². The Morgan fingerprint density at radius 2 is 2.00 bits per heavy atom. The average Bonchev–Trinajstić information content (AvgIpc) is 3.46. The van der Waals surface area contributed by atoms with Crippen LogP contribution in [-0.4, -0.2) is 53.0 Å². The highest BCUT2D eigenvalue weighted by Crippen LogP contribution is 2.41. The van der Waals surface area contributed by atoms with Crippen molar-refractivity contribution in [2.45, 2.75) is 15.9 Å². The van der Waals surface area contributed by atoms with Crippen LogP contribution in [0.3, 0.4) is 0 Å². The first-order valence-electron chi connectivity index (χ1n) is 10.4. The maximum atomic E-state index is 5.50. The Hall–Kier alpha value is -2.37. The molecule has 0 unspecified atom stereocenters. The van der Waals surface area contributed by atoms with E-state index in [2.05, 4.69) is 51.7 Å². The van der Waals surface area contributed by atoms with Gasteiger partial charge in [0.2, 0.25) is 5.13 Å². The van der Waals surface area contributed by atoms with Crippen LogP contribution >= 0.6 is 34.4 Å². The van der Waals surface area contributed by atoms with Crippen LogP contribution in [-0.2, 0) is 11.3 Å². The molecule has 164 valence electrons. The summed E-state index contributed by atoms with van der Waals surface area (Å²) in [4.78, 5) is 12.4. The van der Waals surface area contributed by atoms with Gasteiger partial charge in [-0.2, -0.15) is 0 Å². The summed E-state index contributed by atoms with van der Waals surface area (Å²) in [5, 5.41) is 16.8. The Morgan fingerprint density at radius 3 is 2.81 bits per heavy atom. The molecular weight excluding hydrogens is 460 g/mol. The standard InChI is InChI=1S/C22H22N6OS3/c1-2-8-23-21-26-27-22(32-21)31-20-18-16(15-6-4-3-5-7-15)14-30-19(18)24-17(25-20)13-28-9-11-29-12-10-28/h2-7,14H,1,8-13H2,(H,23,26)/p+1. The quantitative estimate of drug-likeness (QED) is 0.294. The number of ether oxygens (including phenoxy) is 1. The van der Waals surface area contributed by atoms with Crippen LogP contribution in [0, 0.1) is 0 Å². The molecule has 4 aromatic rings. The third kappa shape index (κ3) is 4.84. The molecular formula is C22H23N6OS3+. The number of anilines is 1. The number of fused-ring (bicyclic) bond motifs is 1. The summed E-state index contributed by atoms with van der Waals surface area (Å²) in [6.45, 7) is 8.75. The van der Waals surface area contributed by atoms with Crippen LogP contribution < -0.4 is 10.2 Å². The van der Waals surface area contributed by atoms with Crippen molar-refractivity contribution in [2.75, 3.05) is 38.2 Å². The van der Waals surface area contributed by atoms with E-state index in [0.717, 1.165) is 68.9 Å². The second-order valence-corrected chi connectivity index (χ2v) is 10.4. The van der Waals surface area contributed by atoms with E-state index in [-0.39, 0.29) is 0 Å². The van der Waals surface area contributed by atoms with Gasteiger partial charge in [0.05, 0.1) is 18.6 Å². The molecule has 0 bridgehead atoms. The summed E-state index contributed by atoms with van der Waals surface area (Å²) in [6.07, 6.45) is 1.81. The second-order valence-electron chi connectivity index (χ2n) is 7.32. The first-order chi connectivity index (χ1) is 15.8. The number of quaternary nitrogens is 1. The lowest BCUT2D eigenvalue weighted by Crippen LogP contribution is -3.12. The lowest BCUT2D eigenvalue weighted by Gasteiger charge is -2.23. The van der Waals surface area contributed by atoms with Crippen LogP contribution in [0.4, 0.5) is 5.13 Å². The van der Waals surface area contributed by atoms with E-state index < -0.39 is 0 Å². The number of benzene rings is 1. The van der Waals surface area contributed by atoms with Crippen molar-refractivity contribution in [1.29, 1.82) is 0 Å². The highest BCUT2D eigenvalue weighted by atomic mass is 32.2. The number of nitrogens with one attached hydrogen (secondary N) is 2. The van der Waals surface area contributed by atoms with Crippen molar-refractivity contribution >= 4 is 49.8 Å². The Balaban J connectivity index is 1.52. The topological polar surface area (TPSA) is 77.3 Å².